The molecule has 0 aromatic carbocycles. The standard InChI is InChI=1S/C11H16N2O2S2/c1-4-8(10(14)15-3)6-7-16-11-12-9(5-2)13-17-11/h6H,4-5,7H2,1-3H3. The van der Waals surface area contributed by atoms with E-state index in [1.807, 2.05) is 19.9 Å². The molecule has 0 N–H and O–H groups in total. The molecule has 0 bridgehead atoms. The second kappa shape index (κ2) is 7.45. The number of thioether (sulfide) groups is 1. The summed E-state index contributed by atoms with van der Waals surface area (Å²) in [6.07, 6.45) is 3.43. The van der Waals surface area contributed by atoms with Gasteiger partial charge < -0.3 is 4.74 Å². The highest BCUT2D eigenvalue weighted by Gasteiger charge is 2.07. The number of nitrogens with zero attached hydrogens (tertiary/aromatic N) is 2. The van der Waals surface area contributed by atoms with Crippen molar-refractivity contribution in [2.24, 2.45) is 0 Å². The van der Waals surface area contributed by atoms with Crippen molar-refractivity contribution in [1.82, 2.24) is 9.36 Å². The summed E-state index contributed by atoms with van der Waals surface area (Å²) in [5.74, 6) is 1.35. The van der Waals surface area contributed by atoms with Crippen LogP contribution in [0.25, 0.3) is 0 Å². The van der Waals surface area contributed by atoms with Gasteiger partial charge in [-0.3, -0.25) is 0 Å². The maximum absolute atomic E-state index is 11.3. The summed E-state index contributed by atoms with van der Waals surface area (Å²) in [5, 5.41) is 0. The van der Waals surface area contributed by atoms with Crippen molar-refractivity contribution < 1.29 is 9.53 Å². The molecule has 6 heteroatoms. The highest BCUT2D eigenvalue weighted by atomic mass is 32.2. The lowest BCUT2D eigenvalue weighted by Crippen LogP contribution is -2.04. The van der Waals surface area contributed by atoms with Crippen LogP contribution >= 0.6 is 23.3 Å². The molecule has 94 valence electrons. The molecular formula is C11H16N2O2S2. The molecule has 4 nitrogen and oxygen atoms in total. The van der Waals surface area contributed by atoms with Crippen molar-refractivity contribution >= 4 is 29.3 Å². The summed E-state index contributed by atoms with van der Waals surface area (Å²) >= 11 is 2.99. The van der Waals surface area contributed by atoms with Crippen LogP contribution < -0.4 is 0 Å². The molecule has 1 aromatic heterocycles. The second-order valence-electron chi connectivity index (χ2n) is 3.22. The Balaban J connectivity index is 2.49. The molecule has 0 saturated carbocycles. The summed E-state index contributed by atoms with van der Waals surface area (Å²) in [4.78, 5) is 15.7. The Morgan fingerprint density at radius 2 is 2.29 bits per heavy atom. The molecule has 0 unspecified atom stereocenters. The van der Waals surface area contributed by atoms with Crippen LogP contribution in [0.1, 0.15) is 26.1 Å². The molecule has 1 rings (SSSR count). The van der Waals surface area contributed by atoms with Gasteiger partial charge in [0, 0.05) is 17.7 Å². The number of hydrogen-bond acceptors (Lipinski definition) is 6. The first-order chi connectivity index (χ1) is 8.21. The molecule has 0 aliphatic heterocycles. The van der Waals surface area contributed by atoms with E-state index in [0.29, 0.717) is 12.0 Å². The zero-order valence-corrected chi connectivity index (χ0v) is 11.9. The fourth-order valence-electron chi connectivity index (χ4n) is 1.16. The van der Waals surface area contributed by atoms with Crippen LogP contribution in [-0.2, 0) is 16.0 Å². The zero-order chi connectivity index (χ0) is 12.7. The van der Waals surface area contributed by atoms with Gasteiger partial charge in [-0.15, -0.1) is 0 Å². The first-order valence-corrected chi connectivity index (χ1v) is 7.19. The van der Waals surface area contributed by atoms with E-state index in [4.69, 9.17) is 0 Å². The lowest BCUT2D eigenvalue weighted by Gasteiger charge is -2.00. The number of carbonyl (C=O) groups is 1. The van der Waals surface area contributed by atoms with E-state index in [1.165, 1.54) is 18.6 Å². The van der Waals surface area contributed by atoms with Gasteiger partial charge in [0.05, 0.1) is 7.11 Å². The van der Waals surface area contributed by atoms with E-state index in [2.05, 4.69) is 14.1 Å². The van der Waals surface area contributed by atoms with Gasteiger partial charge in [-0.2, -0.15) is 4.37 Å². The second-order valence-corrected chi connectivity index (χ2v) is 5.23. The lowest BCUT2D eigenvalue weighted by molar-refractivity contribution is -0.136. The van der Waals surface area contributed by atoms with Crippen LogP contribution in [0.5, 0.6) is 0 Å². The molecule has 0 fully saturated rings. The fraction of sp³-hybridized carbons (Fsp3) is 0.545. The highest BCUT2D eigenvalue weighted by molar-refractivity contribution is 8.01. The number of methoxy groups -OCH3 is 1. The number of hydrogen-bond donors (Lipinski definition) is 0. The Morgan fingerprint density at radius 3 is 2.82 bits per heavy atom. The van der Waals surface area contributed by atoms with Crippen LogP contribution in [0, 0.1) is 0 Å². The summed E-state index contributed by atoms with van der Waals surface area (Å²) in [6.45, 7) is 3.97. The molecule has 0 amide bonds. The van der Waals surface area contributed by atoms with E-state index in [9.17, 15) is 4.79 Å². The van der Waals surface area contributed by atoms with E-state index >= 15 is 0 Å². The van der Waals surface area contributed by atoms with Gasteiger partial charge in [0.2, 0.25) is 0 Å². The average Bonchev–Trinajstić information content (AvgIpc) is 2.81. The van der Waals surface area contributed by atoms with Crippen LogP contribution in [0.15, 0.2) is 16.0 Å². The molecule has 1 heterocycles. The highest BCUT2D eigenvalue weighted by Crippen LogP contribution is 2.21. The van der Waals surface area contributed by atoms with Crippen LogP contribution in [-0.4, -0.2) is 28.2 Å². The third kappa shape index (κ3) is 4.47. The fourth-order valence-corrected chi connectivity index (χ4v) is 2.78. The molecule has 0 saturated heterocycles. The Hall–Kier alpha value is -0.880. The molecule has 0 spiro atoms. The Morgan fingerprint density at radius 1 is 1.53 bits per heavy atom. The summed E-state index contributed by atoms with van der Waals surface area (Å²) in [5.41, 5.74) is 0.709. The van der Waals surface area contributed by atoms with Crippen LogP contribution in [0.2, 0.25) is 0 Å². The lowest BCUT2D eigenvalue weighted by atomic mass is 10.2. The SMILES string of the molecule is CCC(=CCSc1nc(CC)ns1)C(=O)OC. The summed E-state index contributed by atoms with van der Waals surface area (Å²) in [6, 6.07) is 0. The number of ether oxygens (including phenoxy) is 1. The van der Waals surface area contributed by atoms with Crippen molar-refractivity contribution in [2.75, 3.05) is 12.9 Å². The number of aryl methyl sites for hydroxylation is 1. The van der Waals surface area contributed by atoms with Crippen LogP contribution in [0.4, 0.5) is 0 Å². The van der Waals surface area contributed by atoms with Crippen molar-refractivity contribution in [3.8, 4) is 0 Å². The van der Waals surface area contributed by atoms with Gasteiger partial charge in [-0.05, 0) is 18.0 Å². The number of aromatic nitrogens is 2. The average molecular weight is 272 g/mol. The third-order valence-corrected chi connectivity index (χ3v) is 3.93. The van der Waals surface area contributed by atoms with Crippen LogP contribution in [0.3, 0.4) is 0 Å². The minimum absolute atomic E-state index is 0.250. The first kappa shape index (κ1) is 14.2. The van der Waals surface area contributed by atoms with E-state index in [0.717, 1.165) is 22.3 Å². The minimum Gasteiger partial charge on any atom is -0.466 e. The number of rotatable bonds is 6. The van der Waals surface area contributed by atoms with E-state index in [1.54, 1.807) is 11.8 Å². The van der Waals surface area contributed by atoms with Crippen molar-refractivity contribution in [2.45, 2.75) is 31.0 Å². The monoisotopic (exact) mass is 272 g/mol. The van der Waals surface area contributed by atoms with E-state index in [-0.39, 0.29) is 5.97 Å². The summed E-state index contributed by atoms with van der Waals surface area (Å²) < 4.78 is 9.83. The van der Waals surface area contributed by atoms with Gasteiger partial charge in [0.15, 0.2) is 4.34 Å². The maximum atomic E-state index is 11.3. The minimum atomic E-state index is -0.250. The molecule has 0 aliphatic carbocycles. The summed E-state index contributed by atoms with van der Waals surface area (Å²) in [7, 11) is 1.40. The molecule has 1 aromatic rings. The van der Waals surface area contributed by atoms with Crippen molar-refractivity contribution in [3.05, 3.63) is 17.5 Å². The number of carbonyl (C=O) groups excluding carboxylic acids is 1. The van der Waals surface area contributed by atoms with Crippen molar-refractivity contribution in [3.63, 3.8) is 0 Å². The quantitative estimate of drug-likeness (QED) is 0.453. The smallest absolute Gasteiger partial charge is 0.333 e. The zero-order valence-electron chi connectivity index (χ0n) is 10.2. The molecule has 0 atom stereocenters. The molecular weight excluding hydrogens is 256 g/mol. The third-order valence-electron chi connectivity index (χ3n) is 2.13. The largest absolute Gasteiger partial charge is 0.466 e. The topological polar surface area (TPSA) is 52.1 Å². The van der Waals surface area contributed by atoms with Crippen molar-refractivity contribution in [1.29, 1.82) is 0 Å². The van der Waals surface area contributed by atoms with Gasteiger partial charge in [-0.1, -0.05) is 31.7 Å². The van der Waals surface area contributed by atoms with Gasteiger partial charge >= 0.3 is 5.97 Å². The first-order valence-electron chi connectivity index (χ1n) is 5.44. The van der Waals surface area contributed by atoms with Gasteiger partial charge in [-0.25, -0.2) is 9.78 Å². The van der Waals surface area contributed by atoms with Gasteiger partial charge in [0.25, 0.3) is 0 Å². The Bertz CT molecular complexity index is 402. The predicted molar refractivity (Wildman–Crippen MR) is 70.4 cm³/mol. The predicted octanol–water partition coefficient (Wildman–Crippen LogP) is 2.70. The Kier molecular flexibility index (Phi) is 6.21. The normalized spacial score (nSPS) is 11.6. The molecule has 17 heavy (non-hydrogen) atoms. The number of esters is 1. The molecule has 0 aliphatic rings. The maximum Gasteiger partial charge on any atom is 0.333 e. The molecule has 0 radical (unpaired) electrons. The Labute approximate surface area is 110 Å². The van der Waals surface area contributed by atoms with E-state index < -0.39 is 0 Å². The van der Waals surface area contributed by atoms with Gasteiger partial charge in [0.1, 0.15) is 5.82 Å².